The number of nitrogen functional groups attached to an aromatic ring is 2. The summed E-state index contributed by atoms with van der Waals surface area (Å²) in [5.41, 5.74) is 19.1. The van der Waals surface area contributed by atoms with E-state index in [4.69, 9.17) is 20.9 Å². The lowest BCUT2D eigenvalue weighted by Crippen LogP contribution is -2.36. The molecule has 0 aliphatic carbocycles. The van der Waals surface area contributed by atoms with Crippen LogP contribution in [-0.4, -0.2) is 88.2 Å². The number of nitrogens with one attached hydrogen (secondary N) is 1. The zero-order chi connectivity index (χ0) is 39.7. The number of hydrogen-bond acceptors (Lipinski definition) is 12. The smallest absolute Gasteiger partial charge is 0.328 e. The first-order chi connectivity index (χ1) is 27.8. The number of H-pyrrole nitrogens is 1. The summed E-state index contributed by atoms with van der Waals surface area (Å²) in [6.07, 6.45) is 7.83. The molecule has 0 atom stereocenters. The average molecular weight is 777 g/mol. The molecule has 0 radical (unpaired) electrons. The number of anilines is 2. The number of imidazole rings is 2. The Hall–Kier alpha value is -5.54. The van der Waals surface area contributed by atoms with Crippen molar-refractivity contribution in [2.75, 3.05) is 50.9 Å². The van der Waals surface area contributed by atoms with Crippen LogP contribution in [0.3, 0.4) is 0 Å². The topological polar surface area (TPSA) is 184 Å². The van der Waals surface area contributed by atoms with Gasteiger partial charge in [-0.25, -0.2) is 9.78 Å². The molecule has 8 rings (SSSR count). The van der Waals surface area contributed by atoms with Crippen LogP contribution >= 0.6 is 0 Å². The fourth-order valence-electron chi connectivity index (χ4n) is 7.24. The molecule has 0 saturated carbocycles. The van der Waals surface area contributed by atoms with E-state index < -0.39 is 0 Å². The zero-order valence-corrected chi connectivity index (χ0v) is 33.5. The van der Waals surface area contributed by atoms with Gasteiger partial charge in [-0.05, 0) is 87.5 Å². The van der Waals surface area contributed by atoms with Crippen LogP contribution in [0, 0.1) is 6.92 Å². The molecule has 5 N–H and O–H groups in total. The number of nitrogens with zero attached hydrogens (tertiary/aromatic N) is 9. The van der Waals surface area contributed by atoms with Gasteiger partial charge in [0.1, 0.15) is 11.3 Å². The molecule has 302 valence electrons. The predicted molar refractivity (Wildman–Crippen MR) is 223 cm³/mol. The molecular weight excluding hydrogens is 721 g/mol. The summed E-state index contributed by atoms with van der Waals surface area (Å²) in [6.45, 7) is 15.1. The van der Waals surface area contributed by atoms with E-state index >= 15 is 0 Å². The number of nitrogens with two attached hydrogens (primary N) is 2. The van der Waals surface area contributed by atoms with Gasteiger partial charge in [0.2, 0.25) is 0 Å². The molecule has 2 aromatic carbocycles. The predicted octanol–water partition coefficient (Wildman–Crippen LogP) is 5.67. The second-order valence-electron chi connectivity index (χ2n) is 15.1. The van der Waals surface area contributed by atoms with Crippen LogP contribution in [0.2, 0.25) is 0 Å². The van der Waals surface area contributed by atoms with Crippen molar-refractivity contribution in [3.63, 3.8) is 0 Å². The summed E-state index contributed by atoms with van der Waals surface area (Å²) in [5, 5.41) is 0. The van der Waals surface area contributed by atoms with E-state index in [-0.39, 0.29) is 17.5 Å². The standard InChI is InChI=1S/C22H30N6O.C20H26N6O2/c1-3-4-12-29-22-25-20(23)19-21(26-22)28(16(2)24-19)15-18-9-7-8-17(13-18)14-27-10-5-6-11-27;1-2-3-10-28-19-23-17(21)16-18(24-19)26(20(27)22-16)13-15-7-4-6-14(11-15)12-25-8-5-9-25/h7-9,13H,3-6,10-12,14-15H2,1-2H3,(H2,23,25,26);4,6-7,11H,2-3,5,8-10,12-13H2,1H3,(H,22,27)(H2,21,23,24). The molecule has 57 heavy (non-hydrogen) atoms. The van der Waals surface area contributed by atoms with Gasteiger partial charge in [0.15, 0.2) is 28.4 Å². The van der Waals surface area contributed by atoms with Gasteiger partial charge in [0, 0.05) is 13.1 Å². The van der Waals surface area contributed by atoms with Crippen LogP contribution in [0.5, 0.6) is 12.0 Å². The van der Waals surface area contributed by atoms with Crippen molar-refractivity contribution < 1.29 is 9.47 Å². The van der Waals surface area contributed by atoms with Crippen molar-refractivity contribution in [3.05, 3.63) is 87.1 Å². The minimum Gasteiger partial charge on any atom is -0.463 e. The third kappa shape index (κ3) is 9.89. The summed E-state index contributed by atoms with van der Waals surface area (Å²) >= 11 is 0. The van der Waals surface area contributed by atoms with Crippen LogP contribution in [0.15, 0.2) is 53.3 Å². The van der Waals surface area contributed by atoms with E-state index in [0.717, 1.165) is 68.9 Å². The first-order valence-corrected chi connectivity index (χ1v) is 20.4. The van der Waals surface area contributed by atoms with Crippen LogP contribution < -0.4 is 26.6 Å². The van der Waals surface area contributed by atoms with Gasteiger partial charge in [-0.1, -0.05) is 75.2 Å². The van der Waals surface area contributed by atoms with Gasteiger partial charge in [-0.15, -0.1) is 0 Å². The number of benzene rings is 2. The molecule has 15 heteroatoms. The summed E-state index contributed by atoms with van der Waals surface area (Å²) in [6, 6.07) is 17.6. The fraction of sp³-hybridized carbons (Fsp3) is 0.476. The number of hydrogen-bond donors (Lipinski definition) is 3. The minimum absolute atomic E-state index is 0.206. The summed E-state index contributed by atoms with van der Waals surface area (Å²) in [7, 11) is 0. The van der Waals surface area contributed by atoms with Gasteiger partial charge in [0.25, 0.3) is 0 Å². The number of aromatic nitrogens is 8. The van der Waals surface area contributed by atoms with E-state index in [1.807, 2.05) is 19.1 Å². The normalized spacial score (nSPS) is 14.5. The lowest BCUT2D eigenvalue weighted by atomic mass is 10.1. The van der Waals surface area contributed by atoms with E-state index in [9.17, 15) is 4.79 Å². The molecule has 0 unspecified atom stereocenters. The molecule has 2 aliphatic rings. The molecular formula is C42H56N12O3. The zero-order valence-electron chi connectivity index (χ0n) is 33.5. The molecule has 0 spiro atoms. The summed E-state index contributed by atoms with van der Waals surface area (Å²) in [5.74, 6) is 1.46. The van der Waals surface area contributed by atoms with E-state index in [2.05, 4.69) is 94.5 Å². The van der Waals surface area contributed by atoms with E-state index in [0.29, 0.717) is 54.8 Å². The van der Waals surface area contributed by atoms with Crippen molar-refractivity contribution in [1.29, 1.82) is 0 Å². The van der Waals surface area contributed by atoms with Gasteiger partial charge >= 0.3 is 17.7 Å². The highest BCUT2D eigenvalue weighted by Crippen LogP contribution is 2.24. The Morgan fingerprint density at radius 3 is 1.70 bits per heavy atom. The molecule has 2 fully saturated rings. The Labute approximate surface area is 333 Å². The third-order valence-electron chi connectivity index (χ3n) is 10.5. The highest BCUT2D eigenvalue weighted by Gasteiger charge is 2.19. The molecule has 0 amide bonds. The molecule has 2 aliphatic heterocycles. The third-order valence-corrected chi connectivity index (χ3v) is 10.5. The maximum atomic E-state index is 12.5. The van der Waals surface area contributed by atoms with Gasteiger partial charge in [0.05, 0.1) is 26.3 Å². The monoisotopic (exact) mass is 776 g/mol. The molecule has 6 aromatic rings. The minimum atomic E-state index is -0.255. The summed E-state index contributed by atoms with van der Waals surface area (Å²) < 4.78 is 15.0. The molecule has 4 aromatic heterocycles. The van der Waals surface area contributed by atoms with Crippen LogP contribution in [0.25, 0.3) is 22.3 Å². The van der Waals surface area contributed by atoms with E-state index in [1.165, 1.54) is 49.0 Å². The van der Waals surface area contributed by atoms with Crippen molar-refractivity contribution in [3.8, 4) is 12.0 Å². The molecule has 0 bridgehead atoms. The van der Waals surface area contributed by atoms with Crippen LogP contribution in [0.4, 0.5) is 11.6 Å². The second-order valence-corrected chi connectivity index (χ2v) is 15.1. The maximum absolute atomic E-state index is 12.5. The first kappa shape index (κ1) is 39.7. The Bertz CT molecular complexity index is 2320. The van der Waals surface area contributed by atoms with Crippen molar-refractivity contribution >= 4 is 34.0 Å². The van der Waals surface area contributed by atoms with Gasteiger partial charge in [-0.2, -0.15) is 19.9 Å². The largest absolute Gasteiger partial charge is 0.463 e. The number of unbranched alkanes of at least 4 members (excludes halogenated alkanes) is 2. The number of fused-ring (bicyclic) bond motifs is 2. The van der Waals surface area contributed by atoms with Crippen molar-refractivity contribution in [2.24, 2.45) is 0 Å². The Morgan fingerprint density at radius 1 is 0.649 bits per heavy atom. The highest BCUT2D eigenvalue weighted by molar-refractivity contribution is 5.83. The first-order valence-electron chi connectivity index (χ1n) is 20.4. The fourth-order valence-corrected chi connectivity index (χ4v) is 7.24. The van der Waals surface area contributed by atoms with Crippen molar-refractivity contribution in [1.82, 2.24) is 48.8 Å². The Balaban J connectivity index is 0.000000174. The molecule has 2 saturated heterocycles. The molecule has 6 heterocycles. The average Bonchev–Trinajstić information content (AvgIpc) is 3.89. The quantitative estimate of drug-likeness (QED) is 0.103. The number of likely N-dealkylation sites (tertiary alicyclic amines) is 2. The second kappa shape index (κ2) is 18.6. The van der Waals surface area contributed by atoms with Gasteiger partial charge < -0.3 is 30.5 Å². The number of aromatic amines is 1. The number of aryl methyl sites for hydroxylation is 1. The highest BCUT2D eigenvalue weighted by atomic mass is 16.5. The maximum Gasteiger partial charge on any atom is 0.328 e. The van der Waals surface area contributed by atoms with Gasteiger partial charge in [-0.3, -0.25) is 14.4 Å². The van der Waals surface area contributed by atoms with Crippen molar-refractivity contribution in [2.45, 2.75) is 91.9 Å². The number of rotatable bonds is 16. The summed E-state index contributed by atoms with van der Waals surface area (Å²) in [4.78, 5) is 42.3. The van der Waals surface area contributed by atoms with E-state index in [1.54, 1.807) is 4.57 Å². The Morgan fingerprint density at radius 2 is 1.16 bits per heavy atom. The number of ether oxygens (including phenoxy) is 2. The lowest BCUT2D eigenvalue weighted by Gasteiger charge is -2.30. The van der Waals surface area contributed by atoms with Crippen LogP contribution in [0.1, 0.15) is 86.9 Å². The Kier molecular flexibility index (Phi) is 13.0. The molecule has 15 nitrogen and oxygen atoms in total. The van der Waals surface area contributed by atoms with Crippen LogP contribution in [-0.2, 0) is 26.2 Å². The SMILES string of the molecule is CCCCOc1nc(N)c2[nH]c(=O)n(Cc3cccc(CN4CCC4)c3)c2n1.CCCCOc1nc(N)c2nc(C)n(Cc3cccc(CN4CCCC4)c3)c2n1. The lowest BCUT2D eigenvalue weighted by molar-refractivity contribution is 0.172.